The third-order valence-electron chi connectivity index (χ3n) is 2.06. The van der Waals surface area contributed by atoms with Crippen LogP contribution in [0.25, 0.3) is 10.6 Å². The predicted molar refractivity (Wildman–Crippen MR) is 73.0 cm³/mol. The van der Waals surface area contributed by atoms with E-state index >= 15 is 0 Å². The number of hydrogen-bond acceptors (Lipinski definition) is 3. The predicted octanol–water partition coefficient (Wildman–Crippen LogP) is 3.95. The summed E-state index contributed by atoms with van der Waals surface area (Å²) in [5.74, 6) is 0. The summed E-state index contributed by atoms with van der Waals surface area (Å²) >= 11 is 11.1. The van der Waals surface area contributed by atoms with Crippen LogP contribution in [0.4, 0.5) is 0 Å². The molecule has 0 bridgehead atoms. The molecule has 1 N–H and O–H groups in total. The lowest BCUT2D eigenvalue weighted by Crippen LogP contribution is -2.03. The van der Waals surface area contributed by atoms with Gasteiger partial charge in [0.2, 0.25) is 0 Å². The van der Waals surface area contributed by atoms with Crippen LogP contribution in [-0.2, 0) is 6.54 Å². The Morgan fingerprint density at radius 1 is 1.50 bits per heavy atom. The minimum Gasteiger partial charge on any atom is -0.315 e. The lowest BCUT2D eigenvalue weighted by atomic mass is 10.2. The van der Waals surface area contributed by atoms with Gasteiger partial charge in [0.1, 0.15) is 10.2 Å². The van der Waals surface area contributed by atoms with E-state index in [1.807, 2.05) is 31.3 Å². The van der Waals surface area contributed by atoms with E-state index < -0.39 is 0 Å². The Hall–Kier alpha value is -0.420. The van der Waals surface area contributed by atoms with Gasteiger partial charge in [-0.05, 0) is 19.2 Å². The zero-order valence-corrected chi connectivity index (χ0v) is 11.8. The molecule has 1 aromatic carbocycles. The summed E-state index contributed by atoms with van der Waals surface area (Å²) in [5, 5.41) is 4.62. The van der Waals surface area contributed by atoms with Crippen molar-refractivity contribution in [1.29, 1.82) is 0 Å². The molecule has 0 aliphatic carbocycles. The summed E-state index contributed by atoms with van der Waals surface area (Å²) in [6.07, 6.45) is 0. The normalized spacial score (nSPS) is 10.7. The maximum absolute atomic E-state index is 6.06. The molecule has 2 aromatic rings. The van der Waals surface area contributed by atoms with Crippen molar-refractivity contribution in [2.45, 2.75) is 6.54 Å². The van der Waals surface area contributed by atoms with E-state index in [0.717, 1.165) is 26.5 Å². The van der Waals surface area contributed by atoms with Crippen LogP contribution in [0, 0.1) is 0 Å². The molecule has 0 fully saturated rings. The first-order valence-electron chi connectivity index (χ1n) is 4.76. The van der Waals surface area contributed by atoms with Gasteiger partial charge in [0.05, 0.1) is 4.88 Å². The molecule has 0 amide bonds. The van der Waals surface area contributed by atoms with Gasteiger partial charge in [-0.15, -0.1) is 11.3 Å². The molecule has 1 aromatic heterocycles. The molecule has 0 atom stereocenters. The van der Waals surface area contributed by atoms with Crippen LogP contribution in [0.5, 0.6) is 0 Å². The molecule has 1 heterocycles. The van der Waals surface area contributed by atoms with Crippen LogP contribution in [-0.4, -0.2) is 12.0 Å². The number of hydrogen-bond donors (Lipinski definition) is 1. The topological polar surface area (TPSA) is 24.9 Å². The second kappa shape index (κ2) is 5.27. The zero-order valence-electron chi connectivity index (χ0n) is 8.63. The van der Waals surface area contributed by atoms with Crippen LogP contribution >= 0.6 is 38.9 Å². The molecule has 0 unspecified atom stereocenters. The summed E-state index contributed by atoms with van der Waals surface area (Å²) in [7, 11) is 1.90. The molecule has 5 heteroatoms. The van der Waals surface area contributed by atoms with E-state index in [1.54, 1.807) is 11.3 Å². The average molecular weight is 318 g/mol. The maximum Gasteiger partial charge on any atom is 0.145 e. The van der Waals surface area contributed by atoms with Gasteiger partial charge in [0, 0.05) is 16.6 Å². The Labute approximate surface area is 112 Å². The Kier molecular flexibility index (Phi) is 3.97. The highest BCUT2D eigenvalue weighted by Gasteiger charge is 2.10. The van der Waals surface area contributed by atoms with Gasteiger partial charge >= 0.3 is 0 Å². The smallest absolute Gasteiger partial charge is 0.145 e. The van der Waals surface area contributed by atoms with E-state index in [1.165, 1.54) is 0 Å². The van der Waals surface area contributed by atoms with Crippen LogP contribution in [0.3, 0.4) is 0 Å². The van der Waals surface area contributed by atoms with Gasteiger partial charge in [-0.25, -0.2) is 4.98 Å². The zero-order chi connectivity index (χ0) is 11.5. The maximum atomic E-state index is 6.06. The molecule has 2 nitrogen and oxygen atoms in total. The van der Waals surface area contributed by atoms with E-state index in [9.17, 15) is 0 Å². The summed E-state index contributed by atoms with van der Waals surface area (Å²) in [6, 6.07) is 8.06. The van der Waals surface area contributed by atoms with Crippen molar-refractivity contribution in [2.75, 3.05) is 7.05 Å². The second-order valence-corrected chi connectivity index (χ2v) is 5.63. The second-order valence-electron chi connectivity index (χ2n) is 3.27. The van der Waals surface area contributed by atoms with Crippen LogP contribution in [0.1, 0.15) is 4.88 Å². The molecule has 2 rings (SSSR count). The van der Waals surface area contributed by atoms with E-state index in [0.29, 0.717) is 5.15 Å². The van der Waals surface area contributed by atoms with Crippen molar-refractivity contribution in [1.82, 2.24) is 10.3 Å². The van der Waals surface area contributed by atoms with Crippen LogP contribution in [0.2, 0.25) is 5.15 Å². The molecular weight excluding hydrogens is 308 g/mol. The Balaban J connectivity index is 2.37. The summed E-state index contributed by atoms with van der Waals surface area (Å²) < 4.78 is 1.05. The van der Waals surface area contributed by atoms with E-state index in [4.69, 9.17) is 11.6 Å². The van der Waals surface area contributed by atoms with Crippen molar-refractivity contribution in [2.24, 2.45) is 0 Å². The van der Waals surface area contributed by atoms with Crippen molar-refractivity contribution in [3.63, 3.8) is 0 Å². The van der Waals surface area contributed by atoms with E-state index in [-0.39, 0.29) is 0 Å². The number of halogens is 2. The quantitative estimate of drug-likeness (QED) is 0.927. The minimum atomic E-state index is 0.592. The number of rotatable bonds is 3. The van der Waals surface area contributed by atoms with Gasteiger partial charge in [-0.1, -0.05) is 39.7 Å². The third-order valence-corrected chi connectivity index (χ3v) is 4.08. The SMILES string of the molecule is CNCc1sc(-c2cccc(Br)c2)nc1Cl. The van der Waals surface area contributed by atoms with Crippen LogP contribution in [0.15, 0.2) is 28.7 Å². The molecule has 0 aliphatic rings. The molecular formula is C11H10BrClN2S. The van der Waals surface area contributed by atoms with Crippen LogP contribution < -0.4 is 5.32 Å². The first-order valence-corrected chi connectivity index (χ1v) is 6.75. The number of benzene rings is 1. The van der Waals surface area contributed by atoms with E-state index in [2.05, 4.69) is 26.2 Å². The minimum absolute atomic E-state index is 0.592. The standard InChI is InChI=1S/C11H10BrClN2S/c1-14-6-9-10(13)15-11(16-9)7-3-2-4-8(12)5-7/h2-5,14H,6H2,1H3. The lowest BCUT2D eigenvalue weighted by Gasteiger charge is -1.96. The van der Waals surface area contributed by atoms with Gasteiger partial charge in [0.25, 0.3) is 0 Å². The fraction of sp³-hybridized carbons (Fsp3) is 0.182. The van der Waals surface area contributed by atoms with Gasteiger partial charge < -0.3 is 5.32 Å². The molecule has 0 saturated heterocycles. The number of nitrogens with zero attached hydrogens (tertiary/aromatic N) is 1. The first kappa shape index (κ1) is 12.0. The summed E-state index contributed by atoms with van der Waals surface area (Å²) in [5.41, 5.74) is 1.09. The summed E-state index contributed by atoms with van der Waals surface area (Å²) in [4.78, 5) is 5.43. The highest BCUT2D eigenvalue weighted by Crippen LogP contribution is 2.31. The van der Waals surface area contributed by atoms with Crippen molar-refractivity contribution in [3.05, 3.63) is 38.8 Å². The third kappa shape index (κ3) is 2.63. The Morgan fingerprint density at radius 2 is 2.31 bits per heavy atom. The highest BCUT2D eigenvalue weighted by atomic mass is 79.9. The molecule has 0 radical (unpaired) electrons. The fourth-order valence-electron chi connectivity index (χ4n) is 1.35. The summed E-state index contributed by atoms with van der Waals surface area (Å²) in [6.45, 7) is 0.754. The molecule has 0 aliphatic heterocycles. The molecule has 0 saturated carbocycles. The Morgan fingerprint density at radius 3 is 3.00 bits per heavy atom. The number of nitrogens with one attached hydrogen (secondary N) is 1. The Bertz CT molecular complexity index is 498. The van der Waals surface area contributed by atoms with Crippen molar-refractivity contribution < 1.29 is 0 Å². The number of thiazole rings is 1. The van der Waals surface area contributed by atoms with Gasteiger partial charge in [0.15, 0.2) is 0 Å². The molecule has 16 heavy (non-hydrogen) atoms. The molecule has 84 valence electrons. The lowest BCUT2D eigenvalue weighted by molar-refractivity contribution is 0.829. The monoisotopic (exact) mass is 316 g/mol. The van der Waals surface area contributed by atoms with Crippen molar-refractivity contribution in [3.8, 4) is 10.6 Å². The van der Waals surface area contributed by atoms with Gasteiger partial charge in [-0.2, -0.15) is 0 Å². The highest BCUT2D eigenvalue weighted by molar-refractivity contribution is 9.10. The van der Waals surface area contributed by atoms with Crippen molar-refractivity contribution >= 4 is 38.9 Å². The van der Waals surface area contributed by atoms with Gasteiger partial charge in [-0.3, -0.25) is 0 Å². The number of aromatic nitrogens is 1. The molecule has 0 spiro atoms. The largest absolute Gasteiger partial charge is 0.315 e. The average Bonchev–Trinajstić information content (AvgIpc) is 2.61. The first-order chi connectivity index (χ1) is 7.70. The fourth-order valence-corrected chi connectivity index (χ4v) is 3.03.